The molecule has 3 aromatic heterocycles. The lowest BCUT2D eigenvalue weighted by Gasteiger charge is -2.34. The molecule has 4 aromatic rings. The normalized spacial score (nSPS) is 14.3. The number of carbonyl (C=O) groups excluding carboxylic acids is 1. The SMILES string of the molecule is O=C(c1cnc(-c2cccs2)s1)N1CCN(c2nnnn2-c2ccccc2)CC1. The largest absolute Gasteiger partial charge is 0.336 e. The molecule has 1 aromatic carbocycles. The molecular weight excluding hydrogens is 406 g/mol. The van der Waals surface area contributed by atoms with Crippen molar-refractivity contribution in [1.82, 2.24) is 30.1 Å². The van der Waals surface area contributed by atoms with Gasteiger partial charge in [-0.05, 0) is 34.0 Å². The Hall–Kier alpha value is -3.11. The van der Waals surface area contributed by atoms with Gasteiger partial charge in [-0.1, -0.05) is 29.4 Å². The lowest BCUT2D eigenvalue weighted by molar-refractivity contribution is 0.0750. The quantitative estimate of drug-likeness (QED) is 0.502. The molecule has 0 N–H and O–H groups in total. The summed E-state index contributed by atoms with van der Waals surface area (Å²) in [4.78, 5) is 23.1. The molecule has 0 radical (unpaired) electrons. The Balaban J connectivity index is 1.27. The molecule has 1 aliphatic rings. The van der Waals surface area contributed by atoms with Crippen LogP contribution in [0.2, 0.25) is 0 Å². The van der Waals surface area contributed by atoms with E-state index in [1.165, 1.54) is 11.3 Å². The van der Waals surface area contributed by atoms with Crippen molar-refractivity contribution in [3.63, 3.8) is 0 Å². The number of para-hydroxylation sites is 1. The Morgan fingerprint density at radius 2 is 1.83 bits per heavy atom. The first-order chi connectivity index (χ1) is 14.3. The number of anilines is 1. The minimum absolute atomic E-state index is 0.0348. The number of piperazine rings is 1. The summed E-state index contributed by atoms with van der Waals surface area (Å²) in [5.41, 5.74) is 0.914. The highest BCUT2D eigenvalue weighted by molar-refractivity contribution is 7.21. The molecule has 5 rings (SSSR count). The van der Waals surface area contributed by atoms with E-state index in [9.17, 15) is 4.79 Å². The molecule has 0 saturated carbocycles. The first kappa shape index (κ1) is 18.0. The number of rotatable bonds is 4. The van der Waals surface area contributed by atoms with E-state index in [1.807, 2.05) is 52.7 Å². The van der Waals surface area contributed by atoms with Gasteiger partial charge in [0.1, 0.15) is 9.88 Å². The van der Waals surface area contributed by atoms with Gasteiger partial charge in [0, 0.05) is 26.2 Å². The molecule has 1 amide bonds. The second-order valence-electron chi connectivity index (χ2n) is 6.51. The number of carbonyl (C=O) groups is 1. The Morgan fingerprint density at radius 3 is 2.59 bits per heavy atom. The van der Waals surface area contributed by atoms with Crippen molar-refractivity contribution >= 4 is 34.5 Å². The Kier molecular flexibility index (Phi) is 4.78. The Morgan fingerprint density at radius 1 is 1.00 bits per heavy atom. The van der Waals surface area contributed by atoms with Gasteiger partial charge in [0.2, 0.25) is 5.95 Å². The molecule has 1 aliphatic heterocycles. The lowest BCUT2D eigenvalue weighted by Crippen LogP contribution is -2.49. The number of amides is 1. The molecule has 1 saturated heterocycles. The fourth-order valence-electron chi connectivity index (χ4n) is 3.27. The smallest absolute Gasteiger partial charge is 0.265 e. The van der Waals surface area contributed by atoms with Gasteiger partial charge in [-0.3, -0.25) is 4.79 Å². The van der Waals surface area contributed by atoms with Crippen molar-refractivity contribution < 1.29 is 4.79 Å². The zero-order valence-electron chi connectivity index (χ0n) is 15.4. The van der Waals surface area contributed by atoms with Crippen LogP contribution in [0.15, 0.2) is 54.0 Å². The number of thiophene rings is 1. The van der Waals surface area contributed by atoms with Crippen LogP contribution >= 0.6 is 22.7 Å². The summed E-state index contributed by atoms with van der Waals surface area (Å²) in [5.74, 6) is 0.730. The highest BCUT2D eigenvalue weighted by Gasteiger charge is 2.26. The van der Waals surface area contributed by atoms with Crippen LogP contribution < -0.4 is 4.90 Å². The molecule has 8 nitrogen and oxygen atoms in total. The van der Waals surface area contributed by atoms with Gasteiger partial charge < -0.3 is 9.80 Å². The van der Waals surface area contributed by atoms with E-state index in [0.29, 0.717) is 37.0 Å². The van der Waals surface area contributed by atoms with E-state index in [-0.39, 0.29) is 5.91 Å². The predicted molar refractivity (Wildman–Crippen MR) is 113 cm³/mol. The summed E-state index contributed by atoms with van der Waals surface area (Å²) in [6.45, 7) is 2.59. The lowest BCUT2D eigenvalue weighted by atomic mass is 10.3. The minimum atomic E-state index is 0.0348. The first-order valence-electron chi connectivity index (χ1n) is 9.17. The average molecular weight is 424 g/mol. The van der Waals surface area contributed by atoms with Gasteiger partial charge in [-0.15, -0.1) is 22.7 Å². The minimum Gasteiger partial charge on any atom is -0.336 e. The Labute approximate surface area is 175 Å². The maximum absolute atomic E-state index is 12.9. The number of benzene rings is 1. The van der Waals surface area contributed by atoms with Crippen molar-refractivity contribution in [2.45, 2.75) is 0 Å². The molecule has 0 aliphatic carbocycles. The second-order valence-corrected chi connectivity index (χ2v) is 8.49. The van der Waals surface area contributed by atoms with Crippen LogP contribution in [0.3, 0.4) is 0 Å². The monoisotopic (exact) mass is 423 g/mol. The first-order valence-corrected chi connectivity index (χ1v) is 10.9. The number of hydrogen-bond acceptors (Lipinski definition) is 8. The summed E-state index contributed by atoms with van der Waals surface area (Å²) in [6, 6.07) is 13.8. The molecule has 4 heterocycles. The zero-order valence-corrected chi connectivity index (χ0v) is 17.0. The molecule has 146 valence electrons. The molecule has 0 spiro atoms. The average Bonchev–Trinajstić information content (AvgIpc) is 3.55. The number of aromatic nitrogens is 5. The van der Waals surface area contributed by atoms with Crippen molar-refractivity contribution in [1.29, 1.82) is 0 Å². The van der Waals surface area contributed by atoms with E-state index in [4.69, 9.17) is 0 Å². The zero-order chi connectivity index (χ0) is 19.6. The third-order valence-corrected chi connectivity index (χ3v) is 6.78. The predicted octanol–water partition coefficient (Wildman–Crippen LogP) is 2.81. The van der Waals surface area contributed by atoms with Gasteiger partial charge in [0.05, 0.1) is 16.8 Å². The van der Waals surface area contributed by atoms with Crippen LogP contribution in [0.5, 0.6) is 0 Å². The summed E-state index contributed by atoms with van der Waals surface area (Å²) in [5, 5.41) is 15.1. The van der Waals surface area contributed by atoms with Crippen LogP contribution in [-0.4, -0.2) is 62.2 Å². The number of nitrogens with zero attached hydrogens (tertiary/aromatic N) is 7. The number of hydrogen-bond donors (Lipinski definition) is 0. The number of thiazole rings is 1. The molecule has 1 fully saturated rings. The summed E-state index contributed by atoms with van der Waals surface area (Å²) in [7, 11) is 0. The highest BCUT2D eigenvalue weighted by Crippen LogP contribution is 2.29. The van der Waals surface area contributed by atoms with Gasteiger partial charge in [0.15, 0.2) is 0 Å². The van der Waals surface area contributed by atoms with Crippen LogP contribution in [0, 0.1) is 0 Å². The maximum atomic E-state index is 12.9. The van der Waals surface area contributed by atoms with E-state index >= 15 is 0 Å². The van der Waals surface area contributed by atoms with Gasteiger partial charge in [-0.2, -0.15) is 4.68 Å². The van der Waals surface area contributed by atoms with E-state index < -0.39 is 0 Å². The van der Waals surface area contributed by atoms with Crippen molar-refractivity contribution in [3.8, 4) is 15.6 Å². The Bertz CT molecular complexity index is 1100. The molecule has 10 heteroatoms. The second kappa shape index (κ2) is 7.72. The van der Waals surface area contributed by atoms with Crippen LogP contribution in [-0.2, 0) is 0 Å². The van der Waals surface area contributed by atoms with E-state index in [1.54, 1.807) is 22.2 Å². The van der Waals surface area contributed by atoms with Crippen LogP contribution in [0.4, 0.5) is 5.95 Å². The highest BCUT2D eigenvalue weighted by atomic mass is 32.1. The van der Waals surface area contributed by atoms with Crippen LogP contribution in [0.25, 0.3) is 15.6 Å². The molecule has 0 atom stereocenters. The van der Waals surface area contributed by atoms with Crippen LogP contribution in [0.1, 0.15) is 9.67 Å². The van der Waals surface area contributed by atoms with Crippen molar-refractivity contribution in [2.75, 3.05) is 31.1 Å². The van der Waals surface area contributed by atoms with Gasteiger partial charge in [-0.25, -0.2) is 4.98 Å². The molecular formula is C19H17N7OS2. The third kappa shape index (κ3) is 3.52. The maximum Gasteiger partial charge on any atom is 0.265 e. The summed E-state index contributed by atoms with van der Waals surface area (Å²) in [6.07, 6.45) is 1.68. The van der Waals surface area contributed by atoms with E-state index in [0.717, 1.165) is 15.6 Å². The van der Waals surface area contributed by atoms with Gasteiger partial charge in [0.25, 0.3) is 5.91 Å². The summed E-state index contributed by atoms with van der Waals surface area (Å²) >= 11 is 3.08. The number of tetrazole rings is 1. The topological polar surface area (TPSA) is 80.0 Å². The third-order valence-electron chi connectivity index (χ3n) is 4.75. The fourth-order valence-corrected chi connectivity index (χ4v) is 4.96. The standard InChI is InChI=1S/C19H17N7OS2/c27-18(16-13-20-17(29-16)15-7-4-12-28-15)24-8-10-25(11-9-24)19-21-22-23-26(19)14-5-2-1-3-6-14/h1-7,12-13H,8-11H2. The fraction of sp³-hybridized carbons (Fsp3) is 0.211. The molecule has 29 heavy (non-hydrogen) atoms. The molecule has 0 bridgehead atoms. The van der Waals surface area contributed by atoms with Gasteiger partial charge >= 0.3 is 0 Å². The summed E-state index contributed by atoms with van der Waals surface area (Å²) < 4.78 is 1.73. The van der Waals surface area contributed by atoms with Crippen molar-refractivity contribution in [2.24, 2.45) is 0 Å². The van der Waals surface area contributed by atoms with Crippen molar-refractivity contribution in [3.05, 3.63) is 58.9 Å². The molecule has 0 unspecified atom stereocenters. The van der Waals surface area contributed by atoms with E-state index in [2.05, 4.69) is 25.4 Å².